The highest BCUT2D eigenvalue weighted by Gasteiger charge is 2.37. The summed E-state index contributed by atoms with van der Waals surface area (Å²) in [5, 5.41) is 16.1. The molecule has 0 saturated carbocycles. The molecule has 3 aromatic carbocycles. The summed E-state index contributed by atoms with van der Waals surface area (Å²) in [6.07, 6.45) is 5.32. The molecule has 254 valence electrons. The van der Waals surface area contributed by atoms with Gasteiger partial charge in [0.1, 0.15) is 23.4 Å². The zero-order valence-corrected chi connectivity index (χ0v) is 29.3. The minimum absolute atomic E-state index is 0.0904. The third-order valence-electron chi connectivity index (χ3n) is 7.91. The fourth-order valence-electron chi connectivity index (χ4n) is 5.47. The summed E-state index contributed by atoms with van der Waals surface area (Å²) in [4.78, 5) is 43.9. The van der Waals surface area contributed by atoms with Crippen molar-refractivity contribution < 1.29 is 24.2 Å². The topological polar surface area (TPSA) is 108 Å². The lowest BCUT2D eigenvalue weighted by Gasteiger charge is -2.35. The number of nitrogens with one attached hydrogen (secondary N) is 2. The van der Waals surface area contributed by atoms with Gasteiger partial charge in [0.25, 0.3) is 5.91 Å². The van der Waals surface area contributed by atoms with Gasteiger partial charge in [-0.2, -0.15) is 0 Å². The number of hydrogen-bond acceptors (Lipinski definition) is 5. The number of rotatable bonds is 15. The van der Waals surface area contributed by atoms with Gasteiger partial charge in [-0.05, 0) is 81.5 Å². The van der Waals surface area contributed by atoms with Gasteiger partial charge in [-0.3, -0.25) is 9.59 Å². The van der Waals surface area contributed by atoms with Gasteiger partial charge in [-0.25, -0.2) is 4.79 Å². The highest BCUT2D eigenvalue weighted by atomic mass is 35.5. The van der Waals surface area contributed by atoms with Crippen LogP contribution in [0.1, 0.15) is 94.5 Å². The molecular weight excluding hydrogens is 614 g/mol. The fourth-order valence-corrected chi connectivity index (χ4v) is 5.74. The number of unbranched alkanes of at least 4 members (excludes halogenated alkanes) is 5. The number of alkyl carbamates (subject to hydrolysis) is 1. The van der Waals surface area contributed by atoms with E-state index in [4.69, 9.17) is 16.3 Å². The monoisotopic (exact) mass is 663 g/mol. The molecule has 0 aliphatic carbocycles. The number of ether oxygens (including phenoxy) is 1. The van der Waals surface area contributed by atoms with Crippen LogP contribution in [-0.2, 0) is 20.7 Å². The molecule has 3 amide bonds. The second-order valence-corrected chi connectivity index (χ2v) is 13.5. The van der Waals surface area contributed by atoms with E-state index in [1.165, 1.54) is 12.1 Å². The number of benzene rings is 3. The Balaban J connectivity index is 2.09. The molecule has 0 radical (unpaired) electrons. The molecule has 0 heterocycles. The van der Waals surface area contributed by atoms with Gasteiger partial charge in [0, 0.05) is 13.0 Å². The Kier molecular flexibility index (Phi) is 14.1. The molecule has 0 bridgehead atoms. The summed E-state index contributed by atoms with van der Waals surface area (Å²) < 4.78 is 5.55. The van der Waals surface area contributed by atoms with Crippen molar-refractivity contribution in [3.63, 3.8) is 0 Å². The Morgan fingerprint density at radius 3 is 2.15 bits per heavy atom. The molecule has 3 rings (SSSR count). The molecule has 8 nitrogen and oxygen atoms in total. The average Bonchev–Trinajstić information content (AvgIpc) is 3.00. The first-order valence-electron chi connectivity index (χ1n) is 16.5. The number of phenolic OH excluding ortho intramolecular Hbond substituents is 1. The number of aromatic hydroxyl groups is 1. The van der Waals surface area contributed by atoms with E-state index in [-0.39, 0.29) is 12.2 Å². The molecule has 0 saturated heterocycles. The number of aryl methyl sites for hydroxylation is 2. The van der Waals surface area contributed by atoms with Crippen molar-refractivity contribution in [3.8, 4) is 5.75 Å². The minimum Gasteiger partial charge on any atom is -0.508 e. The van der Waals surface area contributed by atoms with E-state index in [9.17, 15) is 19.5 Å². The van der Waals surface area contributed by atoms with Gasteiger partial charge in [0.2, 0.25) is 5.91 Å². The van der Waals surface area contributed by atoms with Crippen molar-refractivity contribution in [1.82, 2.24) is 10.2 Å². The van der Waals surface area contributed by atoms with Crippen LogP contribution < -0.4 is 10.6 Å². The summed E-state index contributed by atoms with van der Waals surface area (Å²) in [6.45, 7) is 11.5. The zero-order chi connectivity index (χ0) is 34.6. The van der Waals surface area contributed by atoms with E-state index in [1.807, 2.05) is 50.2 Å². The predicted molar refractivity (Wildman–Crippen MR) is 189 cm³/mol. The van der Waals surface area contributed by atoms with Crippen molar-refractivity contribution in [1.29, 1.82) is 0 Å². The highest BCUT2D eigenvalue weighted by Crippen LogP contribution is 2.31. The third kappa shape index (κ3) is 11.6. The Labute approximate surface area is 284 Å². The van der Waals surface area contributed by atoms with Gasteiger partial charge in [-0.15, -0.1) is 0 Å². The molecular formula is C38H50ClN3O5. The van der Waals surface area contributed by atoms with Crippen molar-refractivity contribution in [2.24, 2.45) is 0 Å². The van der Waals surface area contributed by atoms with Crippen LogP contribution in [-0.4, -0.2) is 46.1 Å². The lowest BCUT2D eigenvalue weighted by atomic mass is 9.96. The maximum absolute atomic E-state index is 14.8. The van der Waals surface area contributed by atoms with Gasteiger partial charge in [0.05, 0.1) is 10.7 Å². The predicted octanol–water partition coefficient (Wildman–Crippen LogP) is 8.67. The largest absolute Gasteiger partial charge is 0.508 e. The maximum Gasteiger partial charge on any atom is 0.408 e. The van der Waals surface area contributed by atoms with Crippen LogP contribution in [0.15, 0.2) is 66.7 Å². The van der Waals surface area contributed by atoms with E-state index in [0.717, 1.165) is 48.8 Å². The standard InChI is InChI=1S/C38H50ClN3O5/c1-7-8-9-10-11-14-24-42(36(45)32(40-37(46)47-38(4,5)6)25-28-20-22-29(43)23-21-28)34(30-18-13-12-16-26(30)2)35(44)41-33-27(3)17-15-19-31(33)39/h12-13,15-23,32,34,43H,7-11,14,24-25H2,1-6H3,(H,40,46)(H,41,44). The van der Waals surface area contributed by atoms with E-state index in [0.29, 0.717) is 29.2 Å². The van der Waals surface area contributed by atoms with Crippen molar-refractivity contribution >= 4 is 35.2 Å². The highest BCUT2D eigenvalue weighted by molar-refractivity contribution is 6.34. The van der Waals surface area contributed by atoms with Gasteiger partial charge in [-0.1, -0.05) is 99.2 Å². The lowest BCUT2D eigenvalue weighted by Crippen LogP contribution is -2.53. The van der Waals surface area contributed by atoms with Crippen molar-refractivity contribution in [2.75, 3.05) is 11.9 Å². The molecule has 2 unspecified atom stereocenters. The first-order chi connectivity index (χ1) is 22.3. The fraction of sp³-hybridized carbons (Fsp3) is 0.447. The molecule has 0 fully saturated rings. The summed E-state index contributed by atoms with van der Waals surface area (Å²) in [5.41, 5.74) is 2.73. The number of nitrogens with zero attached hydrogens (tertiary/aromatic N) is 1. The molecule has 2 atom stereocenters. The number of carbonyl (C=O) groups is 3. The molecule has 3 N–H and O–H groups in total. The number of phenols is 1. The van der Waals surface area contributed by atoms with E-state index in [1.54, 1.807) is 43.9 Å². The summed E-state index contributed by atoms with van der Waals surface area (Å²) in [7, 11) is 0. The SMILES string of the molecule is CCCCCCCCN(C(=O)C(Cc1ccc(O)cc1)NC(=O)OC(C)(C)C)C(C(=O)Nc1c(C)cccc1Cl)c1ccccc1C. The van der Waals surface area contributed by atoms with Crippen LogP contribution in [0.3, 0.4) is 0 Å². The number of anilines is 1. The number of para-hydroxylation sites is 1. The summed E-state index contributed by atoms with van der Waals surface area (Å²) in [5.74, 6) is -0.736. The first-order valence-corrected chi connectivity index (χ1v) is 16.9. The second kappa shape index (κ2) is 17.8. The zero-order valence-electron chi connectivity index (χ0n) is 28.6. The van der Waals surface area contributed by atoms with Crippen LogP contribution >= 0.6 is 11.6 Å². The Hall–Kier alpha value is -4.04. The van der Waals surface area contributed by atoms with Gasteiger partial charge >= 0.3 is 6.09 Å². The van der Waals surface area contributed by atoms with Crippen molar-refractivity contribution in [3.05, 3.63) is 94.0 Å². The van der Waals surface area contributed by atoms with Crippen LogP contribution in [0.2, 0.25) is 5.02 Å². The van der Waals surface area contributed by atoms with Crippen LogP contribution in [0.5, 0.6) is 5.75 Å². The molecule has 0 aliphatic heterocycles. The van der Waals surface area contributed by atoms with Crippen LogP contribution in [0, 0.1) is 13.8 Å². The van der Waals surface area contributed by atoms with Gasteiger partial charge < -0.3 is 25.4 Å². The Morgan fingerprint density at radius 1 is 0.872 bits per heavy atom. The Bertz CT molecular complexity index is 1470. The summed E-state index contributed by atoms with van der Waals surface area (Å²) >= 11 is 6.53. The van der Waals surface area contributed by atoms with Crippen LogP contribution in [0.25, 0.3) is 0 Å². The number of amides is 3. The third-order valence-corrected chi connectivity index (χ3v) is 8.23. The quantitative estimate of drug-likeness (QED) is 0.141. The molecule has 0 aliphatic rings. The molecule has 3 aromatic rings. The molecule has 0 aromatic heterocycles. The molecule has 9 heteroatoms. The van der Waals surface area contributed by atoms with E-state index in [2.05, 4.69) is 17.6 Å². The van der Waals surface area contributed by atoms with E-state index < -0.39 is 35.6 Å². The average molecular weight is 664 g/mol. The minimum atomic E-state index is -1.06. The van der Waals surface area contributed by atoms with Crippen LogP contribution in [0.4, 0.5) is 10.5 Å². The smallest absolute Gasteiger partial charge is 0.408 e. The van der Waals surface area contributed by atoms with Crippen molar-refractivity contribution in [2.45, 2.75) is 104 Å². The summed E-state index contributed by atoms with van der Waals surface area (Å²) in [6, 6.07) is 17.3. The number of carbonyl (C=O) groups excluding carboxylic acids is 3. The second-order valence-electron chi connectivity index (χ2n) is 13.0. The molecule has 47 heavy (non-hydrogen) atoms. The Morgan fingerprint density at radius 2 is 1.51 bits per heavy atom. The van der Waals surface area contributed by atoms with E-state index >= 15 is 0 Å². The lowest BCUT2D eigenvalue weighted by molar-refractivity contribution is -0.140. The maximum atomic E-state index is 14.8. The number of halogens is 1. The molecule has 0 spiro atoms. The number of hydrogen-bond donors (Lipinski definition) is 3. The van der Waals surface area contributed by atoms with Gasteiger partial charge in [0.15, 0.2) is 0 Å². The first kappa shape index (κ1) is 37.4. The normalized spacial score (nSPS) is 12.6.